The second-order valence-electron chi connectivity index (χ2n) is 8.15. The van der Waals surface area contributed by atoms with E-state index in [1.54, 1.807) is 0 Å². The van der Waals surface area contributed by atoms with Crippen LogP contribution >= 0.6 is 0 Å². The van der Waals surface area contributed by atoms with Gasteiger partial charge in [0.1, 0.15) is 0 Å². The summed E-state index contributed by atoms with van der Waals surface area (Å²) in [7, 11) is 0. The lowest BCUT2D eigenvalue weighted by molar-refractivity contribution is -0.116. The summed E-state index contributed by atoms with van der Waals surface area (Å²) in [6.45, 7) is 0.867. The Morgan fingerprint density at radius 3 is 2.59 bits per heavy atom. The van der Waals surface area contributed by atoms with Crippen LogP contribution in [0.4, 0.5) is 5.69 Å². The normalized spacial score (nSPS) is 20.4. The predicted octanol–water partition coefficient (Wildman–Crippen LogP) is 5.70. The highest BCUT2D eigenvalue weighted by Gasteiger charge is 2.32. The van der Waals surface area contributed by atoms with Crippen LogP contribution in [0.3, 0.4) is 0 Å². The number of anilines is 1. The average Bonchev–Trinajstić information content (AvgIpc) is 2.99. The van der Waals surface area contributed by atoms with Gasteiger partial charge in [-0.15, -0.1) is 0 Å². The van der Waals surface area contributed by atoms with Gasteiger partial charge in [0.25, 0.3) is 0 Å². The van der Waals surface area contributed by atoms with Crippen molar-refractivity contribution in [3.05, 3.63) is 65.9 Å². The minimum Gasteiger partial charge on any atom is -0.343 e. The van der Waals surface area contributed by atoms with Crippen molar-refractivity contribution in [2.24, 2.45) is 5.92 Å². The van der Waals surface area contributed by atoms with Crippen molar-refractivity contribution in [2.75, 3.05) is 5.32 Å². The molecule has 3 nitrogen and oxygen atoms in total. The minimum absolute atomic E-state index is 0.170. The van der Waals surface area contributed by atoms with Crippen LogP contribution in [-0.4, -0.2) is 10.5 Å². The van der Waals surface area contributed by atoms with E-state index in [1.165, 1.54) is 54.1 Å². The van der Waals surface area contributed by atoms with Gasteiger partial charge < -0.3 is 9.88 Å². The van der Waals surface area contributed by atoms with E-state index in [0.717, 1.165) is 12.2 Å². The number of aromatic nitrogens is 1. The first-order valence-corrected chi connectivity index (χ1v) is 10.2. The fourth-order valence-electron chi connectivity index (χ4n) is 5.15. The van der Waals surface area contributed by atoms with Gasteiger partial charge in [-0.2, -0.15) is 0 Å². The molecule has 1 aromatic heterocycles. The monoisotopic (exact) mass is 358 g/mol. The maximum absolute atomic E-state index is 12.6. The largest absolute Gasteiger partial charge is 0.343 e. The number of hydrogen-bond donors (Lipinski definition) is 1. The van der Waals surface area contributed by atoms with Crippen LogP contribution in [0, 0.1) is 5.92 Å². The molecule has 0 bridgehead atoms. The summed E-state index contributed by atoms with van der Waals surface area (Å²) in [4.78, 5) is 12.6. The molecule has 138 valence electrons. The molecule has 1 aliphatic heterocycles. The highest BCUT2D eigenvalue weighted by molar-refractivity contribution is 6.05. The maximum atomic E-state index is 12.6. The number of nitrogens with one attached hydrogen (secondary N) is 1. The van der Waals surface area contributed by atoms with Crippen molar-refractivity contribution < 1.29 is 4.79 Å². The first kappa shape index (κ1) is 16.6. The number of hydrogen-bond acceptors (Lipinski definition) is 1. The van der Waals surface area contributed by atoms with Crippen LogP contribution in [0.25, 0.3) is 10.9 Å². The van der Waals surface area contributed by atoms with Crippen LogP contribution in [0.5, 0.6) is 0 Å². The first-order chi connectivity index (χ1) is 13.3. The van der Waals surface area contributed by atoms with E-state index < -0.39 is 0 Å². The first-order valence-electron chi connectivity index (χ1n) is 10.2. The Balaban J connectivity index is 1.63. The molecule has 1 aliphatic carbocycles. The Bertz CT molecular complexity index is 967. The van der Waals surface area contributed by atoms with Crippen LogP contribution in [0.1, 0.15) is 55.6 Å². The number of nitrogens with zero attached hydrogens (tertiary/aromatic N) is 1. The van der Waals surface area contributed by atoms with Gasteiger partial charge in [-0.3, -0.25) is 4.79 Å². The molecule has 2 heterocycles. The molecule has 3 heteroatoms. The third-order valence-corrected chi connectivity index (χ3v) is 6.43. The lowest BCUT2D eigenvalue weighted by Gasteiger charge is -2.29. The molecule has 3 aromatic rings. The molecule has 27 heavy (non-hydrogen) atoms. The van der Waals surface area contributed by atoms with Crippen molar-refractivity contribution in [1.82, 2.24) is 4.57 Å². The van der Waals surface area contributed by atoms with Gasteiger partial charge in [0.15, 0.2) is 0 Å². The summed E-state index contributed by atoms with van der Waals surface area (Å²) >= 11 is 0. The summed E-state index contributed by atoms with van der Waals surface area (Å²) in [5.74, 6) is 1.14. The Labute approximate surface area is 160 Å². The van der Waals surface area contributed by atoms with Gasteiger partial charge >= 0.3 is 0 Å². The van der Waals surface area contributed by atoms with Crippen molar-refractivity contribution in [3.8, 4) is 0 Å². The Morgan fingerprint density at radius 2 is 1.78 bits per heavy atom. The summed E-state index contributed by atoms with van der Waals surface area (Å²) in [5, 5.41) is 4.44. The van der Waals surface area contributed by atoms with Crippen molar-refractivity contribution in [1.29, 1.82) is 0 Å². The lowest BCUT2D eigenvalue weighted by atomic mass is 9.75. The molecule has 1 amide bonds. The zero-order valence-corrected chi connectivity index (χ0v) is 15.7. The van der Waals surface area contributed by atoms with Gasteiger partial charge in [-0.1, -0.05) is 55.7 Å². The second kappa shape index (κ2) is 6.88. The minimum atomic E-state index is 0.170. The number of carbonyl (C=O) groups is 1. The summed E-state index contributed by atoms with van der Waals surface area (Å²) in [6.07, 6.45) is 9.41. The lowest BCUT2D eigenvalue weighted by Crippen LogP contribution is -2.20. The van der Waals surface area contributed by atoms with Crippen LogP contribution < -0.4 is 5.32 Å². The van der Waals surface area contributed by atoms with E-state index in [9.17, 15) is 4.79 Å². The predicted molar refractivity (Wildman–Crippen MR) is 110 cm³/mol. The molecule has 1 N–H and O–H groups in total. The fraction of sp³-hybridized carbons (Fsp3) is 0.375. The zero-order chi connectivity index (χ0) is 18.2. The smallest absolute Gasteiger partial charge is 0.225 e. The number of amides is 1. The van der Waals surface area contributed by atoms with E-state index in [2.05, 4.69) is 64.6 Å². The van der Waals surface area contributed by atoms with Crippen molar-refractivity contribution in [2.45, 2.75) is 51.0 Å². The van der Waals surface area contributed by atoms with E-state index in [-0.39, 0.29) is 5.91 Å². The standard InChI is InChI=1S/C24H26N2O/c27-23-14-19(18-10-5-2-6-11-18)20-16-26(15-17-8-3-1-4-9-17)22-13-7-12-21(25-23)24(20)22/h1,3-4,7-9,12-13,16,18-19H,2,5-6,10-11,14-15H2,(H,25,27)/t19-/m1/s1. The average molecular weight is 358 g/mol. The van der Waals surface area contributed by atoms with Gasteiger partial charge in [-0.25, -0.2) is 0 Å². The van der Waals surface area contributed by atoms with Gasteiger partial charge in [0.2, 0.25) is 5.91 Å². The molecule has 0 saturated heterocycles. The van der Waals surface area contributed by atoms with Crippen molar-refractivity contribution in [3.63, 3.8) is 0 Å². The summed E-state index contributed by atoms with van der Waals surface area (Å²) < 4.78 is 2.37. The molecule has 0 spiro atoms. The SMILES string of the molecule is O=C1C[C@H](C2CCCCC2)c2cn(Cc3ccccc3)c3cccc(c23)N1. The van der Waals surface area contributed by atoms with Crippen LogP contribution in [0.2, 0.25) is 0 Å². The summed E-state index contributed by atoms with van der Waals surface area (Å²) in [6, 6.07) is 16.9. The Hall–Kier alpha value is -2.55. The van der Waals surface area contributed by atoms with Crippen LogP contribution in [0.15, 0.2) is 54.7 Å². The highest BCUT2D eigenvalue weighted by atomic mass is 16.1. The van der Waals surface area contributed by atoms with E-state index in [0.29, 0.717) is 18.3 Å². The fourth-order valence-corrected chi connectivity index (χ4v) is 5.15. The third-order valence-electron chi connectivity index (χ3n) is 6.43. The molecule has 0 unspecified atom stereocenters. The van der Waals surface area contributed by atoms with Gasteiger partial charge in [-0.05, 0) is 47.9 Å². The van der Waals surface area contributed by atoms with E-state index in [4.69, 9.17) is 0 Å². The van der Waals surface area contributed by atoms with Crippen molar-refractivity contribution >= 4 is 22.5 Å². The molecule has 1 atom stereocenters. The molecule has 5 rings (SSSR count). The zero-order valence-electron chi connectivity index (χ0n) is 15.7. The molecular weight excluding hydrogens is 332 g/mol. The number of rotatable bonds is 3. The molecule has 1 fully saturated rings. The number of carbonyl (C=O) groups excluding carboxylic acids is 1. The molecule has 1 saturated carbocycles. The molecule has 2 aromatic carbocycles. The highest BCUT2D eigenvalue weighted by Crippen LogP contribution is 2.45. The Kier molecular flexibility index (Phi) is 4.23. The van der Waals surface area contributed by atoms with Crippen LogP contribution in [-0.2, 0) is 11.3 Å². The molecule has 0 radical (unpaired) electrons. The van der Waals surface area contributed by atoms with Gasteiger partial charge in [0, 0.05) is 24.5 Å². The van der Waals surface area contributed by atoms with E-state index in [1.807, 2.05) is 0 Å². The van der Waals surface area contributed by atoms with Gasteiger partial charge in [0.05, 0.1) is 11.2 Å². The quantitative estimate of drug-likeness (QED) is 0.640. The Morgan fingerprint density at radius 1 is 0.963 bits per heavy atom. The maximum Gasteiger partial charge on any atom is 0.225 e. The molecular formula is C24H26N2O. The van der Waals surface area contributed by atoms with E-state index >= 15 is 0 Å². The summed E-state index contributed by atoms with van der Waals surface area (Å²) in [5.41, 5.74) is 4.90. The molecule has 2 aliphatic rings. The third kappa shape index (κ3) is 3.05. The topological polar surface area (TPSA) is 34.0 Å². The number of benzene rings is 2. The second-order valence-corrected chi connectivity index (χ2v) is 8.15.